The summed E-state index contributed by atoms with van der Waals surface area (Å²) in [5.41, 5.74) is 0.372. The van der Waals surface area contributed by atoms with Crippen molar-refractivity contribution in [2.45, 2.75) is 13.3 Å². The molecule has 6 heteroatoms. The zero-order valence-corrected chi connectivity index (χ0v) is 12.7. The second-order valence-electron chi connectivity index (χ2n) is 5.33. The number of carboxylic acids is 1. The van der Waals surface area contributed by atoms with Crippen LogP contribution in [0.2, 0.25) is 0 Å². The minimum atomic E-state index is -1.06. The van der Waals surface area contributed by atoms with Gasteiger partial charge in [-0.25, -0.2) is 4.79 Å². The van der Waals surface area contributed by atoms with E-state index in [0.29, 0.717) is 29.8 Å². The van der Waals surface area contributed by atoms with Crippen molar-refractivity contribution in [2.75, 3.05) is 19.8 Å². The monoisotopic (exact) mass is 341 g/mol. The van der Waals surface area contributed by atoms with Gasteiger partial charge in [0.1, 0.15) is 0 Å². The number of carboxylic acid groups (broad SMARTS) is 1. The molecule has 108 valence electrons. The smallest absolute Gasteiger partial charge is 0.335 e. The number of hydrogen-bond acceptors (Lipinski definition) is 3. The van der Waals surface area contributed by atoms with E-state index in [9.17, 15) is 9.59 Å². The van der Waals surface area contributed by atoms with Crippen LogP contribution in [0.5, 0.6) is 0 Å². The number of nitrogens with one attached hydrogen (secondary N) is 1. The van der Waals surface area contributed by atoms with Gasteiger partial charge < -0.3 is 15.2 Å². The molecule has 0 saturated carbocycles. The van der Waals surface area contributed by atoms with Gasteiger partial charge in [-0.2, -0.15) is 0 Å². The van der Waals surface area contributed by atoms with Crippen LogP contribution in [0.15, 0.2) is 22.7 Å². The first kappa shape index (κ1) is 15.0. The predicted octanol–water partition coefficient (Wildman–Crippen LogP) is 2.30. The Morgan fingerprint density at radius 2 is 2.10 bits per heavy atom. The van der Waals surface area contributed by atoms with Gasteiger partial charge in [-0.15, -0.1) is 0 Å². The van der Waals surface area contributed by atoms with Gasteiger partial charge in [0, 0.05) is 28.6 Å². The van der Waals surface area contributed by atoms with Crippen molar-refractivity contribution in [3.05, 3.63) is 33.8 Å². The molecular weight excluding hydrogens is 326 g/mol. The highest BCUT2D eigenvalue weighted by molar-refractivity contribution is 9.10. The Balaban J connectivity index is 2.07. The van der Waals surface area contributed by atoms with Crippen molar-refractivity contribution < 1.29 is 19.4 Å². The maximum Gasteiger partial charge on any atom is 0.335 e. The summed E-state index contributed by atoms with van der Waals surface area (Å²) in [4.78, 5) is 23.1. The van der Waals surface area contributed by atoms with Gasteiger partial charge in [0.25, 0.3) is 5.91 Å². The second-order valence-corrected chi connectivity index (χ2v) is 6.25. The lowest BCUT2D eigenvalue weighted by Crippen LogP contribution is -2.36. The lowest BCUT2D eigenvalue weighted by atomic mass is 9.90. The highest BCUT2D eigenvalue weighted by atomic mass is 79.9. The van der Waals surface area contributed by atoms with Crippen LogP contribution in [-0.4, -0.2) is 36.7 Å². The number of carbonyl (C=O) groups is 2. The molecule has 0 radical (unpaired) electrons. The highest BCUT2D eigenvalue weighted by Crippen LogP contribution is 2.26. The summed E-state index contributed by atoms with van der Waals surface area (Å²) >= 11 is 3.21. The van der Waals surface area contributed by atoms with Gasteiger partial charge in [0.05, 0.1) is 12.2 Å². The Morgan fingerprint density at radius 1 is 1.40 bits per heavy atom. The fourth-order valence-corrected chi connectivity index (χ4v) is 2.58. The molecule has 2 rings (SSSR count). The molecule has 0 aliphatic carbocycles. The second kappa shape index (κ2) is 5.93. The maximum absolute atomic E-state index is 12.1. The van der Waals surface area contributed by atoms with Crippen LogP contribution in [0.3, 0.4) is 0 Å². The first-order valence-electron chi connectivity index (χ1n) is 6.29. The molecule has 5 nitrogen and oxygen atoms in total. The van der Waals surface area contributed by atoms with E-state index in [1.54, 1.807) is 6.07 Å². The average Bonchev–Trinajstić information content (AvgIpc) is 2.82. The molecule has 1 saturated heterocycles. The molecule has 1 aliphatic rings. The minimum Gasteiger partial charge on any atom is -0.478 e. The van der Waals surface area contributed by atoms with Crippen LogP contribution >= 0.6 is 15.9 Å². The molecule has 20 heavy (non-hydrogen) atoms. The Hall–Kier alpha value is -1.40. The number of hydrogen-bond donors (Lipinski definition) is 2. The van der Waals surface area contributed by atoms with Gasteiger partial charge in [-0.05, 0) is 24.6 Å². The summed E-state index contributed by atoms with van der Waals surface area (Å²) in [5.74, 6) is -1.33. The summed E-state index contributed by atoms with van der Waals surface area (Å²) in [6.07, 6.45) is 0.909. The number of benzene rings is 1. The molecule has 1 aliphatic heterocycles. The fraction of sp³-hybridized carbons (Fsp3) is 0.429. The van der Waals surface area contributed by atoms with Crippen molar-refractivity contribution >= 4 is 27.8 Å². The summed E-state index contributed by atoms with van der Waals surface area (Å²) in [5, 5.41) is 11.8. The molecule has 1 fully saturated rings. The third-order valence-corrected chi connectivity index (χ3v) is 3.84. The largest absolute Gasteiger partial charge is 0.478 e. The van der Waals surface area contributed by atoms with Crippen molar-refractivity contribution in [1.29, 1.82) is 0 Å². The molecule has 1 aromatic carbocycles. The molecule has 0 bridgehead atoms. The standard InChI is InChI=1S/C14H16BrNO4/c1-14(2-3-20-8-14)7-16-12(17)9-4-10(13(18)19)6-11(15)5-9/h4-6H,2-3,7-8H2,1H3,(H,16,17)(H,18,19). The van der Waals surface area contributed by atoms with E-state index in [2.05, 4.69) is 28.2 Å². The topological polar surface area (TPSA) is 75.6 Å². The maximum atomic E-state index is 12.1. The van der Waals surface area contributed by atoms with Gasteiger partial charge in [0.15, 0.2) is 0 Å². The van der Waals surface area contributed by atoms with Crippen LogP contribution in [0.1, 0.15) is 34.1 Å². The van der Waals surface area contributed by atoms with Gasteiger partial charge in [-0.3, -0.25) is 4.79 Å². The average molecular weight is 342 g/mol. The molecule has 0 aromatic heterocycles. The number of halogens is 1. The molecule has 2 N–H and O–H groups in total. The molecule has 0 spiro atoms. The van der Waals surface area contributed by atoms with Crippen LogP contribution in [0.4, 0.5) is 0 Å². The normalized spacial score (nSPS) is 21.7. The predicted molar refractivity (Wildman–Crippen MR) is 77.0 cm³/mol. The lowest BCUT2D eigenvalue weighted by Gasteiger charge is -2.21. The zero-order valence-electron chi connectivity index (χ0n) is 11.1. The van der Waals surface area contributed by atoms with Crippen molar-refractivity contribution in [1.82, 2.24) is 5.32 Å². The van der Waals surface area contributed by atoms with Crippen LogP contribution in [-0.2, 0) is 4.74 Å². The Labute approximate surface area is 125 Å². The summed E-state index contributed by atoms with van der Waals surface area (Å²) in [6.45, 7) is 3.92. The van der Waals surface area contributed by atoms with E-state index >= 15 is 0 Å². The fourth-order valence-electron chi connectivity index (χ4n) is 2.09. The molecule has 1 aromatic rings. The summed E-state index contributed by atoms with van der Waals surface area (Å²) < 4.78 is 5.90. The number of aromatic carboxylic acids is 1. The van der Waals surface area contributed by atoms with Gasteiger partial charge in [-0.1, -0.05) is 22.9 Å². The Kier molecular flexibility index (Phi) is 4.45. The minimum absolute atomic E-state index is 0.0443. The van der Waals surface area contributed by atoms with Crippen LogP contribution < -0.4 is 5.32 Å². The number of carbonyl (C=O) groups excluding carboxylic acids is 1. The first-order chi connectivity index (χ1) is 9.39. The van der Waals surface area contributed by atoms with Gasteiger partial charge >= 0.3 is 5.97 Å². The SMILES string of the molecule is CC1(CNC(=O)c2cc(Br)cc(C(=O)O)c2)CCOC1. The molecule has 1 unspecified atom stereocenters. The Bertz CT molecular complexity index is 538. The quantitative estimate of drug-likeness (QED) is 0.880. The first-order valence-corrected chi connectivity index (χ1v) is 7.09. The van der Waals surface area contributed by atoms with Gasteiger partial charge in [0.2, 0.25) is 0 Å². The lowest BCUT2D eigenvalue weighted by molar-refractivity contribution is 0.0697. The molecular formula is C14H16BrNO4. The van der Waals surface area contributed by atoms with E-state index in [0.717, 1.165) is 6.42 Å². The van der Waals surface area contributed by atoms with Crippen LogP contribution in [0, 0.1) is 5.41 Å². The van der Waals surface area contributed by atoms with E-state index in [1.165, 1.54) is 12.1 Å². The van der Waals surface area contributed by atoms with E-state index in [4.69, 9.17) is 9.84 Å². The number of amides is 1. The third-order valence-electron chi connectivity index (χ3n) is 3.38. The van der Waals surface area contributed by atoms with Crippen molar-refractivity contribution in [3.63, 3.8) is 0 Å². The summed E-state index contributed by atoms with van der Waals surface area (Å²) in [6, 6.07) is 4.44. The number of ether oxygens (including phenoxy) is 1. The molecule has 1 atom stereocenters. The van der Waals surface area contributed by atoms with E-state index in [1.807, 2.05) is 0 Å². The number of rotatable bonds is 4. The summed E-state index contributed by atoms with van der Waals surface area (Å²) in [7, 11) is 0. The molecule has 1 amide bonds. The van der Waals surface area contributed by atoms with Crippen molar-refractivity contribution in [2.24, 2.45) is 5.41 Å². The molecule has 1 heterocycles. The highest BCUT2D eigenvalue weighted by Gasteiger charge is 2.30. The Morgan fingerprint density at radius 3 is 2.70 bits per heavy atom. The zero-order chi connectivity index (χ0) is 14.8. The third kappa shape index (κ3) is 3.58. The van der Waals surface area contributed by atoms with Crippen LogP contribution in [0.25, 0.3) is 0 Å². The van der Waals surface area contributed by atoms with E-state index in [-0.39, 0.29) is 16.9 Å². The van der Waals surface area contributed by atoms with Crippen molar-refractivity contribution in [3.8, 4) is 0 Å². The van der Waals surface area contributed by atoms with E-state index < -0.39 is 5.97 Å².